The molecule has 0 fully saturated rings. The Balaban J connectivity index is 2.63. The van der Waals surface area contributed by atoms with E-state index >= 15 is 0 Å². The number of rotatable bonds is 2. The molecule has 2 rings (SSSR count). The third-order valence-corrected chi connectivity index (χ3v) is 3.67. The second kappa shape index (κ2) is 4.45. The summed E-state index contributed by atoms with van der Waals surface area (Å²) < 4.78 is 2.97. The Morgan fingerprint density at radius 2 is 2.00 bits per heavy atom. The molecule has 0 unspecified atom stereocenters. The summed E-state index contributed by atoms with van der Waals surface area (Å²) in [4.78, 5) is 15.4. The Labute approximate surface area is 109 Å². The molecule has 0 saturated heterocycles. The lowest BCUT2D eigenvalue weighted by atomic mass is 10.3. The van der Waals surface area contributed by atoms with Gasteiger partial charge in [0.1, 0.15) is 5.82 Å². The van der Waals surface area contributed by atoms with Crippen LogP contribution in [-0.2, 0) is 0 Å². The topological polar surface area (TPSA) is 34.9 Å². The molecule has 0 aromatic carbocycles. The highest BCUT2D eigenvalue weighted by atomic mass is 79.9. The molecule has 3 nitrogen and oxygen atoms in total. The first-order valence-electron chi connectivity index (χ1n) is 5.32. The number of hydrogen-bond donors (Lipinski definition) is 0. The molecule has 2 aromatic heterocycles. The fourth-order valence-electron chi connectivity index (χ4n) is 1.91. The minimum atomic E-state index is 0.713. The van der Waals surface area contributed by atoms with Gasteiger partial charge in [-0.05, 0) is 54.9 Å². The summed E-state index contributed by atoms with van der Waals surface area (Å²) in [5.41, 5.74) is 3.58. The number of carbonyl (C=O) groups is 1. The molecule has 0 aliphatic rings. The first-order valence-corrected chi connectivity index (χ1v) is 6.11. The highest BCUT2D eigenvalue weighted by Crippen LogP contribution is 2.21. The number of nitrogens with zero attached hydrogens (tertiary/aromatic N) is 2. The van der Waals surface area contributed by atoms with E-state index in [2.05, 4.69) is 20.9 Å². The monoisotopic (exact) mass is 292 g/mol. The standard InChI is InChI=1S/C13H13BrN2O/c1-8-6-11(7-17)10(3)16(8)13-5-4-12(14)9(2)15-13/h4-7H,1-3H3. The van der Waals surface area contributed by atoms with Crippen LogP contribution in [0.15, 0.2) is 22.7 Å². The zero-order valence-corrected chi connectivity index (χ0v) is 11.6. The first kappa shape index (κ1) is 12.0. The molecule has 0 bridgehead atoms. The van der Waals surface area contributed by atoms with Crippen LogP contribution in [-0.4, -0.2) is 15.8 Å². The van der Waals surface area contributed by atoms with E-state index in [-0.39, 0.29) is 0 Å². The van der Waals surface area contributed by atoms with Crippen molar-refractivity contribution in [1.82, 2.24) is 9.55 Å². The molecule has 17 heavy (non-hydrogen) atoms. The lowest BCUT2D eigenvalue weighted by Crippen LogP contribution is -2.03. The SMILES string of the molecule is Cc1nc(-n2c(C)cc(C=O)c2C)ccc1Br. The third kappa shape index (κ3) is 2.05. The first-order chi connectivity index (χ1) is 8.04. The number of aryl methyl sites for hydroxylation is 2. The van der Waals surface area contributed by atoms with Gasteiger partial charge in [-0.15, -0.1) is 0 Å². The summed E-state index contributed by atoms with van der Waals surface area (Å²) in [6.45, 7) is 5.84. The van der Waals surface area contributed by atoms with E-state index in [0.717, 1.165) is 33.7 Å². The Bertz CT molecular complexity index is 587. The number of hydrogen-bond acceptors (Lipinski definition) is 2. The van der Waals surface area contributed by atoms with E-state index in [4.69, 9.17) is 0 Å². The summed E-state index contributed by atoms with van der Waals surface area (Å²) in [5, 5.41) is 0. The maximum atomic E-state index is 10.9. The van der Waals surface area contributed by atoms with Crippen LogP contribution in [0.1, 0.15) is 27.4 Å². The molecule has 0 amide bonds. The van der Waals surface area contributed by atoms with Gasteiger partial charge in [0.25, 0.3) is 0 Å². The summed E-state index contributed by atoms with van der Waals surface area (Å²) in [6.07, 6.45) is 0.880. The van der Waals surface area contributed by atoms with Crippen molar-refractivity contribution in [2.75, 3.05) is 0 Å². The van der Waals surface area contributed by atoms with Gasteiger partial charge in [0.05, 0.1) is 5.69 Å². The number of halogens is 1. The van der Waals surface area contributed by atoms with E-state index in [1.807, 2.05) is 43.5 Å². The molecule has 0 atom stereocenters. The molecular formula is C13H13BrN2O. The van der Waals surface area contributed by atoms with E-state index in [1.165, 1.54) is 0 Å². The van der Waals surface area contributed by atoms with Crippen LogP contribution in [0.25, 0.3) is 5.82 Å². The smallest absolute Gasteiger partial charge is 0.151 e. The normalized spacial score (nSPS) is 10.6. The van der Waals surface area contributed by atoms with Crippen LogP contribution in [0.5, 0.6) is 0 Å². The van der Waals surface area contributed by atoms with Crippen LogP contribution in [0, 0.1) is 20.8 Å². The summed E-state index contributed by atoms with van der Waals surface area (Å²) in [6, 6.07) is 5.78. The molecule has 4 heteroatoms. The van der Waals surface area contributed by atoms with E-state index in [9.17, 15) is 4.79 Å². The lowest BCUT2D eigenvalue weighted by Gasteiger charge is -2.09. The molecule has 0 aliphatic heterocycles. The van der Waals surface area contributed by atoms with Crippen LogP contribution < -0.4 is 0 Å². The Kier molecular flexibility index (Phi) is 3.15. The van der Waals surface area contributed by atoms with Crippen molar-refractivity contribution in [1.29, 1.82) is 0 Å². The maximum absolute atomic E-state index is 10.9. The quantitative estimate of drug-likeness (QED) is 0.796. The predicted octanol–water partition coefficient (Wildman–Crippen LogP) is 3.37. The summed E-state index contributed by atoms with van der Waals surface area (Å²) >= 11 is 3.43. The molecule has 0 spiro atoms. The molecule has 2 heterocycles. The van der Waals surface area contributed by atoms with Gasteiger partial charge >= 0.3 is 0 Å². The van der Waals surface area contributed by atoms with Crippen LogP contribution in [0.4, 0.5) is 0 Å². The van der Waals surface area contributed by atoms with Gasteiger partial charge in [-0.2, -0.15) is 0 Å². The zero-order valence-electron chi connectivity index (χ0n) is 9.99. The number of aldehydes is 1. The predicted molar refractivity (Wildman–Crippen MR) is 70.9 cm³/mol. The molecular weight excluding hydrogens is 280 g/mol. The minimum Gasteiger partial charge on any atom is -0.302 e. The zero-order chi connectivity index (χ0) is 12.6. The molecule has 88 valence electrons. The van der Waals surface area contributed by atoms with E-state index in [0.29, 0.717) is 5.56 Å². The number of carbonyl (C=O) groups excluding carboxylic acids is 1. The lowest BCUT2D eigenvalue weighted by molar-refractivity contribution is 0.112. The van der Waals surface area contributed by atoms with Crippen molar-refractivity contribution in [2.24, 2.45) is 0 Å². The van der Waals surface area contributed by atoms with Gasteiger partial charge in [-0.1, -0.05) is 0 Å². The fraction of sp³-hybridized carbons (Fsp3) is 0.231. The Morgan fingerprint density at radius 1 is 1.29 bits per heavy atom. The Hall–Kier alpha value is -1.42. The maximum Gasteiger partial charge on any atom is 0.151 e. The van der Waals surface area contributed by atoms with Crippen LogP contribution in [0.2, 0.25) is 0 Å². The van der Waals surface area contributed by atoms with Crippen molar-refractivity contribution < 1.29 is 4.79 Å². The largest absolute Gasteiger partial charge is 0.302 e. The molecule has 0 saturated carbocycles. The van der Waals surface area contributed by atoms with Crippen molar-refractivity contribution in [3.63, 3.8) is 0 Å². The van der Waals surface area contributed by atoms with Crippen molar-refractivity contribution >= 4 is 22.2 Å². The van der Waals surface area contributed by atoms with E-state index in [1.54, 1.807) is 0 Å². The van der Waals surface area contributed by atoms with Gasteiger partial charge in [-0.3, -0.25) is 4.79 Å². The van der Waals surface area contributed by atoms with Gasteiger partial charge in [0.15, 0.2) is 6.29 Å². The minimum absolute atomic E-state index is 0.713. The highest BCUT2D eigenvalue weighted by molar-refractivity contribution is 9.10. The molecule has 0 aliphatic carbocycles. The van der Waals surface area contributed by atoms with Crippen molar-refractivity contribution in [3.8, 4) is 5.82 Å². The third-order valence-electron chi connectivity index (χ3n) is 2.83. The average Bonchev–Trinajstić information content (AvgIpc) is 2.58. The van der Waals surface area contributed by atoms with E-state index < -0.39 is 0 Å². The average molecular weight is 293 g/mol. The van der Waals surface area contributed by atoms with Crippen molar-refractivity contribution in [2.45, 2.75) is 20.8 Å². The highest BCUT2D eigenvalue weighted by Gasteiger charge is 2.11. The molecule has 0 radical (unpaired) electrons. The second-order valence-electron chi connectivity index (χ2n) is 4.02. The van der Waals surface area contributed by atoms with Gasteiger partial charge < -0.3 is 4.57 Å². The summed E-state index contributed by atoms with van der Waals surface area (Å²) in [5.74, 6) is 0.841. The number of pyridine rings is 1. The second-order valence-corrected chi connectivity index (χ2v) is 4.87. The van der Waals surface area contributed by atoms with Gasteiger partial charge in [0, 0.05) is 21.4 Å². The van der Waals surface area contributed by atoms with Crippen LogP contribution >= 0.6 is 15.9 Å². The molecule has 2 aromatic rings. The van der Waals surface area contributed by atoms with Gasteiger partial charge in [0.2, 0.25) is 0 Å². The summed E-state index contributed by atoms with van der Waals surface area (Å²) in [7, 11) is 0. The van der Waals surface area contributed by atoms with Gasteiger partial charge in [-0.25, -0.2) is 4.98 Å². The fourth-order valence-corrected chi connectivity index (χ4v) is 2.14. The van der Waals surface area contributed by atoms with Crippen molar-refractivity contribution in [3.05, 3.63) is 45.3 Å². The number of aromatic nitrogens is 2. The van der Waals surface area contributed by atoms with Crippen LogP contribution in [0.3, 0.4) is 0 Å². The molecule has 0 N–H and O–H groups in total. The Morgan fingerprint density at radius 3 is 2.53 bits per heavy atom.